The fourth-order valence-corrected chi connectivity index (χ4v) is 4.03. The molecule has 0 saturated heterocycles. The van der Waals surface area contributed by atoms with Crippen LogP contribution >= 0.6 is 11.8 Å². The molecule has 0 unspecified atom stereocenters. The number of hydrogen-bond acceptors (Lipinski definition) is 6. The highest BCUT2D eigenvalue weighted by Crippen LogP contribution is 2.32. The Balaban J connectivity index is 1.58. The summed E-state index contributed by atoms with van der Waals surface area (Å²) in [5.74, 6) is 1.25. The molecule has 0 aliphatic heterocycles. The van der Waals surface area contributed by atoms with Crippen LogP contribution in [-0.2, 0) is 4.79 Å². The highest BCUT2D eigenvalue weighted by molar-refractivity contribution is 7.99. The lowest BCUT2D eigenvalue weighted by atomic mass is 10.1. The van der Waals surface area contributed by atoms with Gasteiger partial charge in [-0.05, 0) is 43.3 Å². The molecule has 1 amide bonds. The molecule has 0 atom stereocenters. The van der Waals surface area contributed by atoms with Crippen LogP contribution in [0.3, 0.4) is 0 Å². The Morgan fingerprint density at radius 3 is 2.33 bits per heavy atom. The van der Waals surface area contributed by atoms with Gasteiger partial charge in [-0.25, -0.2) is 0 Å². The van der Waals surface area contributed by atoms with Gasteiger partial charge in [0.15, 0.2) is 16.8 Å². The Bertz CT molecular complexity index is 1270. The molecular formula is C25H22N4O3S. The van der Waals surface area contributed by atoms with E-state index in [1.807, 2.05) is 59.2 Å². The molecular weight excluding hydrogens is 436 g/mol. The molecule has 3 aromatic carbocycles. The second-order valence-corrected chi connectivity index (χ2v) is 8.09. The topological polar surface area (TPSA) is 86.1 Å². The number of benzene rings is 3. The number of hydrogen-bond donors (Lipinski definition) is 1. The van der Waals surface area contributed by atoms with Crippen LogP contribution in [0, 0.1) is 0 Å². The van der Waals surface area contributed by atoms with Crippen LogP contribution in [0.5, 0.6) is 5.75 Å². The molecule has 166 valence electrons. The number of anilines is 1. The van der Waals surface area contributed by atoms with E-state index in [9.17, 15) is 9.59 Å². The second kappa shape index (κ2) is 10.1. The Kier molecular flexibility index (Phi) is 6.85. The van der Waals surface area contributed by atoms with E-state index in [1.54, 1.807) is 31.4 Å². The van der Waals surface area contributed by atoms with E-state index in [1.165, 1.54) is 18.7 Å². The molecule has 1 aromatic heterocycles. The first-order chi connectivity index (χ1) is 16.1. The van der Waals surface area contributed by atoms with Gasteiger partial charge in [-0.3, -0.25) is 14.2 Å². The van der Waals surface area contributed by atoms with Gasteiger partial charge in [0.25, 0.3) is 0 Å². The van der Waals surface area contributed by atoms with E-state index < -0.39 is 0 Å². The van der Waals surface area contributed by atoms with Gasteiger partial charge in [0.2, 0.25) is 5.91 Å². The van der Waals surface area contributed by atoms with Crippen LogP contribution in [0.2, 0.25) is 0 Å². The molecule has 1 heterocycles. The normalized spacial score (nSPS) is 10.6. The lowest BCUT2D eigenvalue weighted by Gasteiger charge is -2.14. The Morgan fingerprint density at radius 1 is 0.939 bits per heavy atom. The first-order valence-electron chi connectivity index (χ1n) is 10.2. The van der Waals surface area contributed by atoms with Crippen molar-refractivity contribution in [3.63, 3.8) is 0 Å². The molecule has 0 saturated carbocycles. The Labute approximate surface area is 195 Å². The number of methoxy groups -OCH3 is 1. The van der Waals surface area contributed by atoms with E-state index in [2.05, 4.69) is 15.5 Å². The molecule has 4 aromatic rings. The van der Waals surface area contributed by atoms with Crippen molar-refractivity contribution in [3.05, 3.63) is 84.4 Å². The maximum absolute atomic E-state index is 12.6. The number of thioether (sulfide) groups is 1. The summed E-state index contributed by atoms with van der Waals surface area (Å²) in [5.41, 5.74) is 2.91. The monoisotopic (exact) mass is 458 g/mol. The summed E-state index contributed by atoms with van der Waals surface area (Å²) >= 11 is 1.28. The first kappa shape index (κ1) is 22.3. The number of carbonyl (C=O) groups is 2. The molecule has 0 spiro atoms. The smallest absolute Gasteiger partial charge is 0.234 e. The SMILES string of the molecule is COc1ccccc1-n1c(SCC(=O)Nc2ccc(C(C)=O)cc2)nnc1-c1ccccc1. The van der Waals surface area contributed by atoms with Crippen LogP contribution in [0.1, 0.15) is 17.3 Å². The van der Waals surface area contributed by atoms with Gasteiger partial charge in [-0.2, -0.15) is 0 Å². The van der Waals surface area contributed by atoms with Crippen molar-refractivity contribution in [2.45, 2.75) is 12.1 Å². The van der Waals surface area contributed by atoms with Crippen molar-refractivity contribution in [1.29, 1.82) is 0 Å². The van der Waals surface area contributed by atoms with Gasteiger partial charge < -0.3 is 10.1 Å². The zero-order valence-electron chi connectivity index (χ0n) is 18.2. The van der Waals surface area contributed by atoms with E-state index in [0.717, 1.165) is 11.3 Å². The number of rotatable bonds is 8. The molecule has 0 bridgehead atoms. The highest BCUT2D eigenvalue weighted by Gasteiger charge is 2.19. The summed E-state index contributed by atoms with van der Waals surface area (Å²) < 4.78 is 7.45. The van der Waals surface area contributed by atoms with E-state index in [-0.39, 0.29) is 17.4 Å². The number of Topliss-reactive ketones (excluding diaryl/α,β-unsaturated/α-hetero) is 1. The quantitative estimate of drug-likeness (QED) is 0.299. The van der Waals surface area contributed by atoms with Gasteiger partial charge in [0.1, 0.15) is 5.75 Å². The van der Waals surface area contributed by atoms with Gasteiger partial charge in [0, 0.05) is 16.8 Å². The van der Waals surface area contributed by atoms with Gasteiger partial charge in [-0.1, -0.05) is 54.2 Å². The van der Waals surface area contributed by atoms with E-state index in [0.29, 0.717) is 28.0 Å². The van der Waals surface area contributed by atoms with Gasteiger partial charge in [-0.15, -0.1) is 10.2 Å². The van der Waals surface area contributed by atoms with Gasteiger partial charge in [0.05, 0.1) is 18.6 Å². The summed E-state index contributed by atoms with van der Waals surface area (Å²) in [5, 5.41) is 12.2. The zero-order valence-corrected chi connectivity index (χ0v) is 19.0. The summed E-state index contributed by atoms with van der Waals surface area (Å²) in [7, 11) is 1.61. The number of para-hydroxylation sites is 2. The lowest BCUT2D eigenvalue weighted by molar-refractivity contribution is -0.113. The van der Waals surface area contributed by atoms with Crippen molar-refractivity contribution >= 4 is 29.1 Å². The lowest BCUT2D eigenvalue weighted by Crippen LogP contribution is -2.14. The molecule has 0 aliphatic rings. The molecule has 7 nitrogen and oxygen atoms in total. The minimum absolute atomic E-state index is 0.0201. The Morgan fingerprint density at radius 2 is 1.64 bits per heavy atom. The van der Waals surface area contributed by atoms with Crippen molar-refractivity contribution in [2.24, 2.45) is 0 Å². The number of aromatic nitrogens is 3. The van der Waals surface area contributed by atoms with Gasteiger partial charge >= 0.3 is 0 Å². The van der Waals surface area contributed by atoms with Crippen LogP contribution in [0.25, 0.3) is 17.1 Å². The van der Waals surface area contributed by atoms with Crippen LogP contribution in [0.15, 0.2) is 84.0 Å². The minimum atomic E-state index is -0.189. The molecule has 0 fully saturated rings. The molecule has 0 aliphatic carbocycles. The third-order valence-corrected chi connectivity index (χ3v) is 5.83. The third kappa shape index (κ3) is 5.12. The molecule has 1 N–H and O–H groups in total. The standard InChI is InChI=1S/C25H22N4O3S/c1-17(30)18-12-14-20(15-13-18)26-23(31)16-33-25-28-27-24(19-8-4-3-5-9-19)29(25)21-10-6-7-11-22(21)32-2/h3-15H,16H2,1-2H3,(H,26,31). The summed E-state index contributed by atoms with van der Waals surface area (Å²) in [6.45, 7) is 1.51. The number of nitrogens with one attached hydrogen (secondary N) is 1. The van der Waals surface area contributed by atoms with Crippen LogP contribution in [0.4, 0.5) is 5.69 Å². The number of amides is 1. The zero-order chi connectivity index (χ0) is 23.2. The molecule has 4 rings (SSSR count). The minimum Gasteiger partial charge on any atom is -0.495 e. The van der Waals surface area contributed by atoms with Crippen LogP contribution < -0.4 is 10.1 Å². The largest absolute Gasteiger partial charge is 0.495 e. The summed E-state index contributed by atoms with van der Waals surface area (Å²) in [6.07, 6.45) is 0. The maximum Gasteiger partial charge on any atom is 0.234 e. The number of ketones is 1. The molecule has 0 radical (unpaired) electrons. The highest BCUT2D eigenvalue weighted by atomic mass is 32.2. The maximum atomic E-state index is 12.6. The predicted octanol–water partition coefficient (Wildman–Crippen LogP) is 4.88. The average Bonchev–Trinajstić information content (AvgIpc) is 3.27. The third-order valence-electron chi connectivity index (χ3n) is 4.90. The van der Waals surface area contributed by atoms with Crippen molar-refractivity contribution in [1.82, 2.24) is 14.8 Å². The van der Waals surface area contributed by atoms with Crippen LogP contribution in [-0.4, -0.2) is 39.3 Å². The predicted molar refractivity (Wildman–Crippen MR) is 129 cm³/mol. The van der Waals surface area contributed by atoms with Crippen molar-refractivity contribution in [2.75, 3.05) is 18.2 Å². The van der Waals surface area contributed by atoms with E-state index >= 15 is 0 Å². The number of carbonyl (C=O) groups excluding carboxylic acids is 2. The second-order valence-electron chi connectivity index (χ2n) is 7.15. The fraction of sp³-hybridized carbons (Fsp3) is 0.120. The van der Waals surface area contributed by atoms with Crippen molar-refractivity contribution in [3.8, 4) is 22.8 Å². The van der Waals surface area contributed by atoms with E-state index in [4.69, 9.17) is 4.74 Å². The summed E-state index contributed by atoms with van der Waals surface area (Å²) in [4.78, 5) is 24.0. The fourth-order valence-electron chi connectivity index (χ4n) is 3.28. The average molecular weight is 459 g/mol. The molecule has 33 heavy (non-hydrogen) atoms. The number of nitrogens with zero attached hydrogens (tertiary/aromatic N) is 3. The molecule has 8 heteroatoms. The summed E-state index contributed by atoms with van der Waals surface area (Å²) in [6, 6.07) is 24.2. The van der Waals surface area contributed by atoms with Crippen molar-refractivity contribution < 1.29 is 14.3 Å². The first-order valence-corrected chi connectivity index (χ1v) is 11.2. The Hall–Kier alpha value is -3.91. The number of ether oxygens (including phenoxy) is 1.